The van der Waals surface area contributed by atoms with Crippen molar-refractivity contribution in [3.05, 3.63) is 59.9 Å². The molecule has 6 heteroatoms. The number of carbonyl (C=O) groups excluding carboxylic acids is 1. The molecule has 2 rings (SSSR count). The predicted molar refractivity (Wildman–Crippen MR) is 104 cm³/mol. The molecule has 146 valence electrons. The molecule has 0 fully saturated rings. The Balaban J connectivity index is 2.00. The molecule has 1 unspecified atom stereocenters. The highest BCUT2D eigenvalue weighted by atomic mass is 19.1. The van der Waals surface area contributed by atoms with E-state index in [0.717, 1.165) is 18.5 Å². The number of amides is 1. The zero-order chi connectivity index (χ0) is 19.8. The Hall–Kier alpha value is -2.60. The van der Waals surface area contributed by atoms with Crippen molar-refractivity contribution in [2.45, 2.75) is 19.4 Å². The second-order valence-electron chi connectivity index (χ2n) is 6.51. The lowest BCUT2D eigenvalue weighted by Crippen LogP contribution is -2.26. The molecule has 0 spiro atoms. The number of carbonyl (C=O) groups is 1. The zero-order valence-corrected chi connectivity index (χ0v) is 16.3. The third-order valence-corrected chi connectivity index (χ3v) is 4.34. The van der Waals surface area contributed by atoms with Crippen LogP contribution in [-0.2, 0) is 0 Å². The second-order valence-corrected chi connectivity index (χ2v) is 6.51. The van der Waals surface area contributed by atoms with Crippen molar-refractivity contribution >= 4 is 6.09 Å². The number of rotatable bonds is 8. The van der Waals surface area contributed by atoms with Crippen molar-refractivity contribution < 1.29 is 18.7 Å². The monoisotopic (exact) mass is 374 g/mol. The molecule has 0 bridgehead atoms. The van der Waals surface area contributed by atoms with Crippen molar-refractivity contribution in [1.82, 2.24) is 9.80 Å². The molecule has 1 atom stereocenters. The molecule has 0 heterocycles. The van der Waals surface area contributed by atoms with E-state index in [1.54, 1.807) is 38.4 Å². The Bertz CT molecular complexity index is 717. The van der Waals surface area contributed by atoms with Crippen LogP contribution >= 0.6 is 0 Å². The van der Waals surface area contributed by atoms with Crippen LogP contribution in [0.25, 0.3) is 0 Å². The van der Waals surface area contributed by atoms with Gasteiger partial charge in [0.2, 0.25) is 0 Å². The minimum Gasteiger partial charge on any atom is -0.494 e. The Morgan fingerprint density at radius 1 is 1.00 bits per heavy atom. The van der Waals surface area contributed by atoms with Gasteiger partial charge in [-0.3, -0.25) is 4.90 Å². The second kappa shape index (κ2) is 9.92. The number of benzene rings is 2. The van der Waals surface area contributed by atoms with E-state index >= 15 is 0 Å². The molecule has 5 nitrogen and oxygen atoms in total. The van der Waals surface area contributed by atoms with Gasteiger partial charge in [0.1, 0.15) is 17.3 Å². The standard InChI is InChI=1S/C21H27FN2O3/c1-5-24(4)20(14-15-26-18-12-8-17(22)9-13-18)16-6-10-19(11-7-16)27-21(25)23(2)3/h6-13,20H,5,14-15H2,1-4H3. The van der Waals surface area contributed by atoms with Crippen molar-refractivity contribution in [3.8, 4) is 11.5 Å². The fourth-order valence-corrected chi connectivity index (χ4v) is 2.63. The van der Waals surface area contributed by atoms with Crippen LogP contribution in [0.2, 0.25) is 0 Å². The van der Waals surface area contributed by atoms with Crippen LogP contribution < -0.4 is 9.47 Å². The highest BCUT2D eigenvalue weighted by Gasteiger charge is 2.17. The van der Waals surface area contributed by atoms with Crippen LogP contribution in [-0.4, -0.2) is 50.2 Å². The number of ether oxygens (including phenoxy) is 2. The molecule has 0 aliphatic rings. The van der Waals surface area contributed by atoms with Crippen LogP contribution in [0.15, 0.2) is 48.5 Å². The summed E-state index contributed by atoms with van der Waals surface area (Å²) in [5.74, 6) is 0.888. The van der Waals surface area contributed by atoms with Gasteiger partial charge in [0.15, 0.2) is 0 Å². The van der Waals surface area contributed by atoms with E-state index < -0.39 is 6.09 Å². The maximum atomic E-state index is 13.0. The average Bonchev–Trinajstić information content (AvgIpc) is 2.67. The van der Waals surface area contributed by atoms with E-state index in [0.29, 0.717) is 18.1 Å². The number of hydrogen-bond acceptors (Lipinski definition) is 4. The van der Waals surface area contributed by atoms with Gasteiger partial charge < -0.3 is 14.4 Å². The molecule has 0 saturated heterocycles. The summed E-state index contributed by atoms with van der Waals surface area (Å²) in [5.41, 5.74) is 1.12. The molecule has 1 amide bonds. The van der Waals surface area contributed by atoms with Crippen LogP contribution in [0.3, 0.4) is 0 Å². The lowest BCUT2D eigenvalue weighted by molar-refractivity contribution is 0.172. The summed E-state index contributed by atoms with van der Waals surface area (Å²) < 4.78 is 24.0. The first-order valence-electron chi connectivity index (χ1n) is 8.98. The highest BCUT2D eigenvalue weighted by molar-refractivity contribution is 5.69. The molecule has 0 aromatic heterocycles. The van der Waals surface area contributed by atoms with Crippen LogP contribution in [0.5, 0.6) is 11.5 Å². The lowest BCUT2D eigenvalue weighted by atomic mass is 10.0. The molecule has 2 aromatic rings. The van der Waals surface area contributed by atoms with E-state index in [9.17, 15) is 9.18 Å². The first-order valence-corrected chi connectivity index (χ1v) is 8.98. The summed E-state index contributed by atoms with van der Waals surface area (Å²) in [7, 11) is 5.34. The van der Waals surface area contributed by atoms with Gasteiger partial charge in [-0.1, -0.05) is 19.1 Å². The molecule has 27 heavy (non-hydrogen) atoms. The molecule has 0 aliphatic carbocycles. The number of nitrogens with zero attached hydrogens (tertiary/aromatic N) is 2. The molecule has 0 saturated carbocycles. The van der Waals surface area contributed by atoms with Crippen LogP contribution in [0.1, 0.15) is 24.9 Å². The number of halogens is 1. The normalized spacial score (nSPS) is 11.9. The fourth-order valence-electron chi connectivity index (χ4n) is 2.63. The molecule has 0 N–H and O–H groups in total. The maximum absolute atomic E-state index is 13.0. The van der Waals surface area contributed by atoms with Gasteiger partial charge >= 0.3 is 6.09 Å². The van der Waals surface area contributed by atoms with Crippen molar-refractivity contribution in [3.63, 3.8) is 0 Å². The highest BCUT2D eigenvalue weighted by Crippen LogP contribution is 2.26. The Labute approximate surface area is 160 Å². The minimum atomic E-state index is -0.405. The number of hydrogen-bond donors (Lipinski definition) is 0. The Morgan fingerprint density at radius 3 is 2.15 bits per heavy atom. The summed E-state index contributed by atoms with van der Waals surface area (Å²) in [4.78, 5) is 15.3. The summed E-state index contributed by atoms with van der Waals surface area (Å²) in [6.45, 7) is 3.50. The van der Waals surface area contributed by atoms with Crippen molar-refractivity contribution in [1.29, 1.82) is 0 Å². The van der Waals surface area contributed by atoms with Gasteiger partial charge in [0.25, 0.3) is 0 Å². The van der Waals surface area contributed by atoms with Gasteiger partial charge in [0, 0.05) is 26.6 Å². The Morgan fingerprint density at radius 2 is 1.59 bits per heavy atom. The zero-order valence-electron chi connectivity index (χ0n) is 16.3. The van der Waals surface area contributed by atoms with Gasteiger partial charge in [-0.2, -0.15) is 0 Å². The predicted octanol–water partition coefficient (Wildman–Crippen LogP) is 4.35. The van der Waals surface area contributed by atoms with E-state index in [1.807, 2.05) is 12.1 Å². The Kier molecular flexibility index (Phi) is 7.61. The van der Waals surface area contributed by atoms with Crippen LogP contribution in [0.4, 0.5) is 9.18 Å². The SMILES string of the molecule is CCN(C)C(CCOc1ccc(F)cc1)c1ccc(OC(=O)N(C)C)cc1. The molecule has 0 aliphatic heterocycles. The summed E-state index contributed by atoms with van der Waals surface area (Å²) in [6, 6.07) is 13.7. The fraction of sp³-hybridized carbons (Fsp3) is 0.381. The average molecular weight is 374 g/mol. The molecular formula is C21H27FN2O3. The summed E-state index contributed by atoms with van der Waals surface area (Å²) >= 11 is 0. The van der Waals surface area contributed by atoms with Crippen molar-refractivity contribution in [2.75, 3.05) is 34.3 Å². The first-order chi connectivity index (χ1) is 12.9. The van der Waals surface area contributed by atoms with Gasteiger partial charge in [-0.15, -0.1) is 0 Å². The molecule has 2 aromatic carbocycles. The van der Waals surface area contributed by atoms with Gasteiger partial charge in [-0.05, 0) is 55.6 Å². The molecule has 0 radical (unpaired) electrons. The third-order valence-electron chi connectivity index (χ3n) is 4.34. The maximum Gasteiger partial charge on any atom is 0.414 e. The van der Waals surface area contributed by atoms with E-state index in [2.05, 4.69) is 18.9 Å². The van der Waals surface area contributed by atoms with E-state index in [1.165, 1.54) is 17.0 Å². The summed E-state index contributed by atoms with van der Waals surface area (Å²) in [5, 5.41) is 0. The minimum absolute atomic E-state index is 0.161. The van der Waals surface area contributed by atoms with E-state index in [4.69, 9.17) is 9.47 Å². The quantitative estimate of drug-likeness (QED) is 0.689. The third kappa shape index (κ3) is 6.25. The summed E-state index contributed by atoms with van der Waals surface area (Å²) in [6.07, 6.45) is 0.371. The topological polar surface area (TPSA) is 42.0 Å². The first kappa shape index (κ1) is 20.7. The van der Waals surface area contributed by atoms with E-state index in [-0.39, 0.29) is 11.9 Å². The van der Waals surface area contributed by atoms with Gasteiger partial charge in [0.05, 0.1) is 6.61 Å². The lowest BCUT2D eigenvalue weighted by Gasteiger charge is -2.27. The van der Waals surface area contributed by atoms with Crippen molar-refractivity contribution in [2.24, 2.45) is 0 Å². The largest absolute Gasteiger partial charge is 0.494 e. The van der Waals surface area contributed by atoms with Gasteiger partial charge in [-0.25, -0.2) is 9.18 Å². The van der Waals surface area contributed by atoms with Crippen LogP contribution in [0, 0.1) is 5.82 Å². The molecular weight excluding hydrogens is 347 g/mol. The smallest absolute Gasteiger partial charge is 0.414 e.